The summed E-state index contributed by atoms with van der Waals surface area (Å²) in [6.45, 7) is 1.20. The first kappa shape index (κ1) is 12.6. The van der Waals surface area contributed by atoms with E-state index in [9.17, 15) is 18.0 Å². The van der Waals surface area contributed by atoms with E-state index in [1.54, 1.807) is 6.07 Å². The van der Waals surface area contributed by atoms with Gasteiger partial charge in [0.1, 0.15) is 6.04 Å². The minimum Gasteiger partial charge on any atom is -0.284 e. The molecule has 2 unspecified atom stereocenters. The van der Waals surface area contributed by atoms with Gasteiger partial charge in [0, 0.05) is 7.05 Å². The Morgan fingerprint density at radius 2 is 2.12 bits per heavy atom. The number of rotatable bonds is 3. The van der Waals surface area contributed by atoms with E-state index < -0.39 is 33.1 Å². The highest BCUT2D eigenvalue weighted by molar-refractivity contribution is 7.90. The fraction of sp³-hybridized carbons (Fsp3) is 0.625. The lowest BCUT2D eigenvalue weighted by Gasteiger charge is -2.12. The van der Waals surface area contributed by atoms with Crippen molar-refractivity contribution in [2.45, 2.75) is 24.6 Å². The number of likely N-dealkylation sites (N-methyl/N-ethyl adjacent to an activating group) is 1. The summed E-state index contributed by atoms with van der Waals surface area (Å²) in [5.74, 6) is -1.04. The van der Waals surface area contributed by atoms with Gasteiger partial charge in [0.2, 0.25) is 21.8 Å². The number of nitrogens with zero attached hydrogens (tertiary/aromatic N) is 2. The lowest BCUT2D eigenvalue weighted by molar-refractivity contribution is -0.137. The molecule has 1 aliphatic heterocycles. The number of hydrogen-bond donors (Lipinski definition) is 1. The van der Waals surface area contributed by atoms with Crippen LogP contribution in [0.5, 0.6) is 0 Å². The quantitative estimate of drug-likeness (QED) is 0.614. The molecule has 0 aromatic rings. The van der Waals surface area contributed by atoms with Crippen molar-refractivity contribution >= 4 is 21.8 Å². The zero-order valence-electron chi connectivity index (χ0n) is 8.80. The summed E-state index contributed by atoms with van der Waals surface area (Å²) < 4.78 is 25.0. The number of sulfonamides is 1. The average molecular weight is 245 g/mol. The van der Waals surface area contributed by atoms with Crippen LogP contribution < -0.4 is 4.72 Å². The summed E-state index contributed by atoms with van der Waals surface area (Å²) in [6.07, 6.45) is -0.202. The molecular weight excluding hydrogens is 234 g/mol. The molecule has 0 radical (unpaired) electrons. The standard InChI is InChI=1S/C8H11N3O4S/c1-5(4-9)16(14,15)10-6-3-7(12)11(2)8(6)13/h5-6,10H,3H2,1-2H3. The second kappa shape index (κ2) is 4.19. The van der Waals surface area contributed by atoms with Crippen LogP contribution in [0.25, 0.3) is 0 Å². The summed E-state index contributed by atoms with van der Waals surface area (Å²) >= 11 is 0. The molecule has 1 N–H and O–H groups in total. The monoisotopic (exact) mass is 245 g/mol. The van der Waals surface area contributed by atoms with Crippen molar-refractivity contribution in [2.24, 2.45) is 0 Å². The molecule has 1 rings (SSSR count). The summed E-state index contributed by atoms with van der Waals surface area (Å²) in [5, 5.41) is 7.22. The molecule has 1 aliphatic rings. The Morgan fingerprint density at radius 3 is 2.50 bits per heavy atom. The van der Waals surface area contributed by atoms with E-state index >= 15 is 0 Å². The molecule has 16 heavy (non-hydrogen) atoms. The van der Waals surface area contributed by atoms with E-state index in [1.165, 1.54) is 14.0 Å². The topological polar surface area (TPSA) is 107 Å². The minimum atomic E-state index is -3.88. The van der Waals surface area contributed by atoms with Crippen molar-refractivity contribution in [1.29, 1.82) is 5.26 Å². The fourth-order valence-corrected chi connectivity index (χ4v) is 2.14. The number of carbonyl (C=O) groups is 2. The Kier molecular flexibility index (Phi) is 3.30. The maximum absolute atomic E-state index is 11.5. The zero-order chi connectivity index (χ0) is 12.5. The molecule has 2 atom stereocenters. The number of likely N-dealkylation sites (tertiary alicyclic amines) is 1. The summed E-state index contributed by atoms with van der Waals surface area (Å²) in [6, 6.07) is 0.471. The average Bonchev–Trinajstić information content (AvgIpc) is 2.44. The van der Waals surface area contributed by atoms with Crippen LogP contribution in [0.4, 0.5) is 0 Å². The van der Waals surface area contributed by atoms with Gasteiger partial charge >= 0.3 is 0 Å². The van der Waals surface area contributed by atoms with Crippen LogP contribution in [-0.2, 0) is 19.6 Å². The Labute approximate surface area is 93.1 Å². The molecule has 7 nitrogen and oxygen atoms in total. The van der Waals surface area contributed by atoms with Gasteiger partial charge in [0.25, 0.3) is 0 Å². The molecule has 1 saturated heterocycles. The third kappa shape index (κ3) is 2.20. The normalized spacial score (nSPS) is 23.3. The van der Waals surface area contributed by atoms with Crippen LogP contribution in [0, 0.1) is 11.3 Å². The Hall–Kier alpha value is -1.46. The number of imide groups is 1. The first-order chi connectivity index (χ1) is 7.29. The zero-order valence-corrected chi connectivity index (χ0v) is 9.61. The molecule has 8 heteroatoms. The van der Waals surface area contributed by atoms with Gasteiger partial charge in [-0.05, 0) is 6.92 Å². The van der Waals surface area contributed by atoms with E-state index in [-0.39, 0.29) is 6.42 Å². The van der Waals surface area contributed by atoms with Gasteiger partial charge in [-0.2, -0.15) is 5.26 Å². The molecule has 1 fully saturated rings. The van der Waals surface area contributed by atoms with Crippen molar-refractivity contribution in [3.63, 3.8) is 0 Å². The molecule has 2 amide bonds. The van der Waals surface area contributed by atoms with Gasteiger partial charge < -0.3 is 0 Å². The largest absolute Gasteiger partial charge is 0.284 e. The summed E-state index contributed by atoms with van der Waals surface area (Å²) in [5.41, 5.74) is 0. The van der Waals surface area contributed by atoms with E-state index in [4.69, 9.17) is 5.26 Å². The summed E-state index contributed by atoms with van der Waals surface area (Å²) in [4.78, 5) is 23.4. The highest BCUT2D eigenvalue weighted by Crippen LogP contribution is 2.12. The van der Waals surface area contributed by atoms with Gasteiger partial charge in [-0.25, -0.2) is 13.1 Å². The van der Waals surface area contributed by atoms with Gasteiger partial charge in [0.15, 0.2) is 5.25 Å². The van der Waals surface area contributed by atoms with Gasteiger partial charge in [-0.1, -0.05) is 0 Å². The lowest BCUT2D eigenvalue weighted by Crippen LogP contribution is -2.43. The molecule has 0 bridgehead atoms. The Bertz CT molecular complexity index is 464. The minimum absolute atomic E-state index is 0.202. The molecule has 1 heterocycles. The maximum atomic E-state index is 11.5. The second-order valence-corrected chi connectivity index (χ2v) is 5.51. The molecule has 0 aliphatic carbocycles. The van der Waals surface area contributed by atoms with Crippen molar-refractivity contribution < 1.29 is 18.0 Å². The molecular formula is C8H11N3O4S. The van der Waals surface area contributed by atoms with Crippen molar-refractivity contribution in [1.82, 2.24) is 9.62 Å². The highest BCUT2D eigenvalue weighted by Gasteiger charge is 2.39. The van der Waals surface area contributed by atoms with E-state index in [1.807, 2.05) is 0 Å². The molecule has 0 spiro atoms. The highest BCUT2D eigenvalue weighted by atomic mass is 32.2. The SMILES string of the molecule is CC(C#N)S(=O)(=O)NC1CC(=O)N(C)C1=O. The van der Waals surface area contributed by atoms with E-state index in [0.717, 1.165) is 4.90 Å². The molecule has 88 valence electrons. The molecule has 0 aromatic carbocycles. The number of nitrogens with one attached hydrogen (secondary N) is 1. The predicted octanol–water partition coefficient (Wildman–Crippen LogP) is -1.42. The number of hydrogen-bond acceptors (Lipinski definition) is 5. The first-order valence-electron chi connectivity index (χ1n) is 4.50. The van der Waals surface area contributed by atoms with Crippen molar-refractivity contribution in [3.05, 3.63) is 0 Å². The number of nitriles is 1. The van der Waals surface area contributed by atoms with Gasteiger partial charge in [-0.15, -0.1) is 0 Å². The summed E-state index contributed by atoms with van der Waals surface area (Å²) in [7, 11) is -2.60. The third-order valence-corrected chi connectivity index (χ3v) is 3.98. The predicted molar refractivity (Wildman–Crippen MR) is 53.3 cm³/mol. The van der Waals surface area contributed by atoms with E-state index in [2.05, 4.69) is 4.72 Å². The van der Waals surface area contributed by atoms with Crippen LogP contribution in [0.1, 0.15) is 13.3 Å². The van der Waals surface area contributed by atoms with Crippen molar-refractivity contribution in [3.8, 4) is 6.07 Å². The van der Waals surface area contributed by atoms with Crippen LogP contribution in [0.2, 0.25) is 0 Å². The van der Waals surface area contributed by atoms with Gasteiger partial charge in [-0.3, -0.25) is 14.5 Å². The fourth-order valence-electron chi connectivity index (χ4n) is 1.22. The molecule has 0 aromatic heterocycles. The number of amides is 2. The Balaban J connectivity index is 2.82. The third-order valence-electron chi connectivity index (χ3n) is 2.34. The number of carbonyl (C=O) groups excluding carboxylic acids is 2. The first-order valence-corrected chi connectivity index (χ1v) is 6.05. The lowest BCUT2D eigenvalue weighted by atomic mass is 10.3. The van der Waals surface area contributed by atoms with Crippen LogP contribution in [0.3, 0.4) is 0 Å². The smallest absolute Gasteiger partial charge is 0.247 e. The Morgan fingerprint density at radius 1 is 1.56 bits per heavy atom. The van der Waals surface area contributed by atoms with Crippen LogP contribution >= 0.6 is 0 Å². The van der Waals surface area contributed by atoms with Crippen molar-refractivity contribution in [2.75, 3.05) is 7.05 Å². The maximum Gasteiger partial charge on any atom is 0.247 e. The van der Waals surface area contributed by atoms with Gasteiger partial charge in [0.05, 0.1) is 12.5 Å². The van der Waals surface area contributed by atoms with Crippen LogP contribution in [0.15, 0.2) is 0 Å². The molecule has 0 saturated carbocycles. The van der Waals surface area contributed by atoms with Crippen LogP contribution in [-0.4, -0.2) is 43.5 Å². The second-order valence-electron chi connectivity index (χ2n) is 3.48. The van der Waals surface area contributed by atoms with E-state index in [0.29, 0.717) is 0 Å².